The topological polar surface area (TPSA) is 183 Å². The largest absolute Gasteiger partial charge is 0.478 e. The number of hydrogen-bond acceptors (Lipinski definition) is 8. The van der Waals surface area contributed by atoms with E-state index in [2.05, 4.69) is 20.2 Å². The molecule has 3 atom stereocenters. The summed E-state index contributed by atoms with van der Waals surface area (Å²) < 4.78 is 119. The van der Waals surface area contributed by atoms with Crippen LogP contribution in [0.5, 0.6) is 0 Å². The molecule has 330 valence electrons. The van der Waals surface area contributed by atoms with Crippen LogP contribution in [0.1, 0.15) is 63.5 Å². The summed E-state index contributed by atoms with van der Waals surface area (Å²) in [6.45, 7) is -1.03. The molecular formula is C42H31ClF6N8O6S. The standard InChI is InChI=1S/C42H31ClF6N8O6S/c1-55-35-30(10-9-27(43)33(35)38(53-55)54-64(2,62)63)57-39(51-28-14-19(7-8-24(28)40(57)59)22-5-3-4-6-23(22)41(60)61)29(13-18-11-20(44)15-21(45)12-18)50-31(58)17-56-36-32(34(52-56)37(46)47)25-16-26(25)42(36,48)49/h3-12,14-15,25-26,29,37H,13,16-17H2,1-2H3,(H,50,58)(H,53,54)(H,60,61)/t25-,26+,29-/m0/s1. The van der Waals surface area contributed by atoms with Gasteiger partial charge in [-0.05, 0) is 71.5 Å². The number of nitrogens with one attached hydrogen (secondary N) is 2. The number of aromatic carboxylic acids is 1. The molecule has 1 fully saturated rings. The SMILES string of the molecule is Cn1nc(NS(C)(=O)=O)c2c(Cl)ccc(-n3c([C@H](Cc4cc(F)cc(F)c4)NC(=O)Cn4nc(C(F)F)c5c4C(F)(F)[C@@H]4C[C@H]54)nc4cc(-c5ccccc5C(=O)O)ccc4c3=O)c21. The van der Waals surface area contributed by atoms with Crippen LogP contribution >= 0.6 is 11.6 Å². The van der Waals surface area contributed by atoms with Crippen LogP contribution in [0.3, 0.4) is 0 Å². The zero-order valence-electron chi connectivity index (χ0n) is 33.1. The summed E-state index contributed by atoms with van der Waals surface area (Å²) >= 11 is 6.62. The molecule has 22 heteroatoms. The minimum atomic E-state index is -3.95. The molecule has 1 saturated carbocycles. The number of amides is 1. The molecule has 7 aromatic rings. The van der Waals surface area contributed by atoms with Gasteiger partial charge in [-0.15, -0.1) is 0 Å². The maximum absolute atomic E-state index is 15.5. The molecule has 0 bridgehead atoms. The molecule has 2 aliphatic carbocycles. The van der Waals surface area contributed by atoms with Crippen molar-refractivity contribution in [1.29, 1.82) is 0 Å². The number of rotatable bonds is 12. The van der Waals surface area contributed by atoms with Crippen LogP contribution in [0.25, 0.3) is 38.6 Å². The van der Waals surface area contributed by atoms with Crippen LogP contribution in [-0.2, 0) is 40.8 Å². The van der Waals surface area contributed by atoms with Crippen LogP contribution in [0.4, 0.5) is 32.2 Å². The molecule has 1 amide bonds. The normalized spacial score (nSPS) is 16.8. The number of hydrogen-bond donors (Lipinski definition) is 3. The summed E-state index contributed by atoms with van der Waals surface area (Å²) in [4.78, 5) is 46.2. The van der Waals surface area contributed by atoms with E-state index in [-0.39, 0.29) is 72.8 Å². The lowest BCUT2D eigenvalue weighted by atomic mass is 9.98. The number of alkyl halides is 4. The van der Waals surface area contributed by atoms with Gasteiger partial charge in [0.15, 0.2) is 5.82 Å². The van der Waals surface area contributed by atoms with Crippen molar-refractivity contribution in [2.75, 3.05) is 11.0 Å². The number of anilines is 1. The quantitative estimate of drug-likeness (QED) is 0.105. The zero-order valence-corrected chi connectivity index (χ0v) is 34.7. The molecule has 9 rings (SSSR count). The predicted octanol–water partition coefficient (Wildman–Crippen LogP) is 7.38. The van der Waals surface area contributed by atoms with Gasteiger partial charge in [0.25, 0.3) is 17.9 Å². The van der Waals surface area contributed by atoms with Crippen LogP contribution in [-0.4, -0.2) is 60.8 Å². The van der Waals surface area contributed by atoms with Gasteiger partial charge in [-0.25, -0.2) is 35.8 Å². The average Bonchev–Trinajstić information content (AvgIpc) is 3.75. The maximum Gasteiger partial charge on any atom is 0.336 e. The minimum Gasteiger partial charge on any atom is -0.478 e. The van der Waals surface area contributed by atoms with Gasteiger partial charge in [0.05, 0.1) is 50.4 Å². The van der Waals surface area contributed by atoms with Gasteiger partial charge in [0, 0.05) is 31.0 Å². The number of benzene rings is 4. The Hall–Kier alpha value is -6.74. The van der Waals surface area contributed by atoms with Crippen molar-refractivity contribution in [2.45, 2.75) is 43.7 Å². The Morgan fingerprint density at radius 3 is 2.42 bits per heavy atom. The highest BCUT2D eigenvalue weighted by molar-refractivity contribution is 7.92. The Bertz CT molecular complexity index is 3300. The molecular weight excluding hydrogens is 894 g/mol. The summed E-state index contributed by atoms with van der Waals surface area (Å²) in [5.41, 5.74) is -2.51. The van der Waals surface area contributed by atoms with Crippen molar-refractivity contribution >= 4 is 61.1 Å². The van der Waals surface area contributed by atoms with Crippen molar-refractivity contribution in [3.05, 3.63) is 134 Å². The number of halogens is 7. The summed E-state index contributed by atoms with van der Waals surface area (Å²) in [5.74, 6) is -10.6. The first-order valence-corrected chi connectivity index (χ1v) is 21.5. The third-order valence-corrected chi connectivity index (χ3v) is 12.2. The summed E-state index contributed by atoms with van der Waals surface area (Å²) in [6.07, 6.45) is -2.91. The monoisotopic (exact) mass is 924 g/mol. The molecule has 0 spiro atoms. The Labute approximate surface area is 362 Å². The van der Waals surface area contributed by atoms with Crippen molar-refractivity contribution in [2.24, 2.45) is 13.0 Å². The Kier molecular flexibility index (Phi) is 10.1. The van der Waals surface area contributed by atoms with Crippen molar-refractivity contribution in [1.82, 2.24) is 34.4 Å². The third-order valence-electron chi connectivity index (χ3n) is 11.3. The van der Waals surface area contributed by atoms with E-state index in [9.17, 15) is 40.7 Å². The van der Waals surface area contributed by atoms with E-state index in [0.717, 1.165) is 23.0 Å². The van der Waals surface area contributed by atoms with Gasteiger partial charge >= 0.3 is 5.97 Å². The lowest BCUT2D eigenvalue weighted by molar-refractivity contribution is -0.123. The zero-order chi connectivity index (χ0) is 45.7. The van der Waals surface area contributed by atoms with E-state index in [1.54, 1.807) is 6.07 Å². The van der Waals surface area contributed by atoms with Crippen molar-refractivity contribution < 1.29 is 49.5 Å². The predicted molar refractivity (Wildman–Crippen MR) is 220 cm³/mol. The lowest BCUT2D eigenvalue weighted by Gasteiger charge is -2.24. The first-order valence-electron chi connectivity index (χ1n) is 19.3. The third kappa shape index (κ3) is 7.30. The van der Waals surface area contributed by atoms with E-state index in [4.69, 9.17) is 16.6 Å². The maximum atomic E-state index is 15.5. The van der Waals surface area contributed by atoms with Gasteiger partial charge in [0.2, 0.25) is 15.9 Å². The van der Waals surface area contributed by atoms with Gasteiger partial charge < -0.3 is 10.4 Å². The summed E-state index contributed by atoms with van der Waals surface area (Å²) in [7, 11) is -2.52. The average molecular weight is 925 g/mol. The Morgan fingerprint density at radius 1 is 1.02 bits per heavy atom. The van der Waals surface area contributed by atoms with Crippen molar-refractivity contribution in [3.8, 4) is 16.8 Å². The Balaban J connectivity index is 1.27. The first kappa shape index (κ1) is 42.6. The summed E-state index contributed by atoms with van der Waals surface area (Å²) in [5, 5.41) is 20.5. The highest BCUT2D eigenvalue weighted by Gasteiger charge is 2.67. The van der Waals surface area contributed by atoms with Crippen LogP contribution < -0.4 is 15.6 Å². The second-order valence-electron chi connectivity index (χ2n) is 15.6. The van der Waals surface area contributed by atoms with Gasteiger partial charge in [-0.3, -0.25) is 28.2 Å². The molecule has 2 aliphatic rings. The number of aromatic nitrogens is 6. The minimum absolute atomic E-state index is 0.00691. The fourth-order valence-corrected chi connectivity index (χ4v) is 9.41. The number of carbonyl (C=O) groups excluding carboxylic acids is 1. The number of fused-ring (bicyclic) bond motifs is 5. The van der Waals surface area contributed by atoms with Crippen LogP contribution in [0.2, 0.25) is 5.02 Å². The molecule has 4 aromatic carbocycles. The number of aryl methyl sites for hydroxylation is 1. The molecule has 3 heterocycles. The number of sulfonamides is 1. The molecule has 3 aromatic heterocycles. The van der Waals surface area contributed by atoms with Crippen LogP contribution in [0.15, 0.2) is 77.6 Å². The smallest absolute Gasteiger partial charge is 0.336 e. The fraction of sp³-hybridized carbons (Fsp3) is 0.238. The molecule has 64 heavy (non-hydrogen) atoms. The second kappa shape index (κ2) is 15.2. The molecule has 3 N–H and O–H groups in total. The van der Waals surface area contributed by atoms with Crippen molar-refractivity contribution in [3.63, 3.8) is 0 Å². The van der Waals surface area contributed by atoms with Gasteiger partial charge in [-0.2, -0.15) is 19.0 Å². The number of carboxylic acid groups (broad SMARTS) is 1. The van der Waals surface area contributed by atoms with Crippen LogP contribution in [0, 0.1) is 17.6 Å². The van der Waals surface area contributed by atoms with Gasteiger partial charge in [-0.1, -0.05) is 35.9 Å². The first-order chi connectivity index (χ1) is 30.2. The molecule has 14 nitrogen and oxygen atoms in total. The molecule has 0 saturated heterocycles. The van der Waals surface area contributed by atoms with E-state index in [1.807, 2.05) is 0 Å². The lowest BCUT2D eigenvalue weighted by Crippen LogP contribution is -2.38. The highest BCUT2D eigenvalue weighted by atomic mass is 35.5. The fourth-order valence-electron chi connectivity index (χ4n) is 8.67. The molecule has 0 radical (unpaired) electrons. The summed E-state index contributed by atoms with van der Waals surface area (Å²) in [6, 6.07) is 13.9. The van der Waals surface area contributed by atoms with E-state index < -0.39 is 93.7 Å². The van der Waals surface area contributed by atoms with Gasteiger partial charge in [0.1, 0.15) is 35.4 Å². The second-order valence-corrected chi connectivity index (χ2v) is 17.8. The number of nitrogens with zero attached hydrogens (tertiary/aromatic N) is 6. The highest BCUT2D eigenvalue weighted by Crippen LogP contribution is 2.68. The molecule has 0 unspecified atom stereocenters. The number of carboxylic acids is 1. The Morgan fingerprint density at radius 2 is 1.73 bits per heavy atom. The van der Waals surface area contributed by atoms with E-state index in [0.29, 0.717) is 16.3 Å². The number of carbonyl (C=O) groups is 2. The molecule has 0 aliphatic heterocycles. The van der Waals surface area contributed by atoms with E-state index in [1.165, 1.54) is 60.3 Å². The van der Waals surface area contributed by atoms with E-state index >= 15 is 13.6 Å².